The first kappa shape index (κ1) is 12.5. The second-order valence-electron chi connectivity index (χ2n) is 4.09. The van der Waals surface area contributed by atoms with E-state index < -0.39 is 0 Å². The smallest absolute Gasteiger partial charge is 0.161 e. The van der Waals surface area contributed by atoms with E-state index in [1.165, 1.54) is 6.92 Å². The van der Waals surface area contributed by atoms with Crippen LogP contribution >= 0.6 is 0 Å². The fraction of sp³-hybridized carbons (Fsp3) is 0.417. The number of nitrogen functional groups attached to an aromatic ring is 1. The summed E-state index contributed by atoms with van der Waals surface area (Å²) in [4.78, 5) is 13.4. The number of Topliss-reactive ketones (excluding diaryl/α,β-unsaturated/α-hetero) is 1. The summed E-state index contributed by atoms with van der Waals surface area (Å²) < 4.78 is 0. The average Bonchev–Trinajstić information content (AvgIpc) is 2.19. The van der Waals surface area contributed by atoms with Crippen molar-refractivity contribution in [3.8, 4) is 0 Å². The van der Waals surface area contributed by atoms with Crippen molar-refractivity contribution >= 4 is 17.2 Å². The highest BCUT2D eigenvalue weighted by molar-refractivity contribution is 5.99. The van der Waals surface area contributed by atoms with Gasteiger partial charge in [0.25, 0.3) is 0 Å². The summed E-state index contributed by atoms with van der Waals surface area (Å²) in [6.07, 6.45) is 0. The number of nitrogens with two attached hydrogens (primary N) is 1. The number of likely N-dealkylation sites (N-methyl/N-ethyl adjacent to an activating group) is 1. The Kier molecular flexibility index (Phi) is 4.31. The molecule has 0 saturated heterocycles. The third kappa shape index (κ3) is 3.55. The molecule has 4 nitrogen and oxygen atoms in total. The van der Waals surface area contributed by atoms with Gasteiger partial charge in [0.1, 0.15) is 0 Å². The van der Waals surface area contributed by atoms with Crippen molar-refractivity contribution < 1.29 is 4.79 Å². The Hall–Kier alpha value is -1.55. The summed E-state index contributed by atoms with van der Waals surface area (Å²) in [6.45, 7) is 3.31. The predicted octanol–water partition coefficient (Wildman–Crippen LogP) is 1.44. The summed E-state index contributed by atoms with van der Waals surface area (Å²) in [5, 5.41) is 3.25. The van der Waals surface area contributed by atoms with Crippen molar-refractivity contribution in [2.45, 2.75) is 6.92 Å². The lowest BCUT2D eigenvalue weighted by Gasteiger charge is -2.12. The van der Waals surface area contributed by atoms with Gasteiger partial charge in [-0.15, -0.1) is 0 Å². The van der Waals surface area contributed by atoms with Gasteiger partial charge in [-0.1, -0.05) is 0 Å². The number of hydrogen-bond acceptors (Lipinski definition) is 4. The largest absolute Gasteiger partial charge is 0.398 e. The maximum Gasteiger partial charge on any atom is 0.161 e. The topological polar surface area (TPSA) is 58.4 Å². The number of anilines is 2. The van der Waals surface area contributed by atoms with Gasteiger partial charge in [0.05, 0.1) is 0 Å². The minimum absolute atomic E-state index is 0.00578. The average molecular weight is 221 g/mol. The van der Waals surface area contributed by atoms with E-state index in [0.29, 0.717) is 11.3 Å². The van der Waals surface area contributed by atoms with Crippen molar-refractivity contribution in [2.24, 2.45) is 0 Å². The predicted molar refractivity (Wildman–Crippen MR) is 67.9 cm³/mol. The highest BCUT2D eigenvalue weighted by Gasteiger charge is 2.05. The van der Waals surface area contributed by atoms with Crippen LogP contribution in [0, 0.1) is 0 Å². The molecular weight excluding hydrogens is 202 g/mol. The first-order valence-electron chi connectivity index (χ1n) is 5.30. The molecule has 0 unspecified atom stereocenters. The van der Waals surface area contributed by atoms with Crippen LogP contribution in [0.15, 0.2) is 18.2 Å². The standard InChI is InChI=1S/C12H19N3O/c1-9(16)11-8-10(4-5-12(11)13)14-6-7-15(2)3/h4-5,8,14H,6-7,13H2,1-3H3. The van der Waals surface area contributed by atoms with Crippen molar-refractivity contribution in [2.75, 3.05) is 38.2 Å². The minimum atomic E-state index is -0.00578. The molecule has 4 heteroatoms. The molecule has 0 spiro atoms. The van der Waals surface area contributed by atoms with Crippen LogP contribution in [-0.4, -0.2) is 37.9 Å². The molecule has 0 atom stereocenters. The van der Waals surface area contributed by atoms with Crippen molar-refractivity contribution in [1.82, 2.24) is 4.90 Å². The van der Waals surface area contributed by atoms with Gasteiger partial charge in [-0.3, -0.25) is 4.79 Å². The van der Waals surface area contributed by atoms with Crippen LogP contribution in [0.1, 0.15) is 17.3 Å². The summed E-state index contributed by atoms with van der Waals surface area (Å²) in [5.74, 6) is -0.00578. The molecule has 0 aliphatic carbocycles. The Morgan fingerprint density at radius 1 is 1.44 bits per heavy atom. The van der Waals surface area contributed by atoms with Gasteiger partial charge >= 0.3 is 0 Å². The Bertz CT molecular complexity index is 375. The molecule has 0 fully saturated rings. The van der Waals surface area contributed by atoms with Crippen LogP contribution in [0.4, 0.5) is 11.4 Å². The van der Waals surface area contributed by atoms with Gasteiger partial charge in [0.15, 0.2) is 5.78 Å². The lowest BCUT2D eigenvalue weighted by molar-refractivity contribution is 0.101. The molecule has 1 rings (SSSR count). The summed E-state index contributed by atoms with van der Waals surface area (Å²) in [5.41, 5.74) is 7.75. The molecule has 0 bridgehead atoms. The molecule has 0 amide bonds. The molecule has 0 aromatic heterocycles. The first-order valence-corrected chi connectivity index (χ1v) is 5.30. The first-order chi connectivity index (χ1) is 7.50. The van der Waals surface area contributed by atoms with Crippen molar-refractivity contribution in [3.63, 3.8) is 0 Å². The van der Waals surface area contributed by atoms with E-state index in [-0.39, 0.29) is 5.78 Å². The molecule has 0 aliphatic rings. The van der Waals surface area contributed by atoms with Crippen LogP contribution in [0.2, 0.25) is 0 Å². The fourth-order valence-corrected chi connectivity index (χ4v) is 1.39. The number of ketones is 1. The molecule has 0 aliphatic heterocycles. The molecule has 1 aromatic carbocycles. The van der Waals surface area contributed by atoms with Gasteiger partial charge in [-0.05, 0) is 39.2 Å². The Morgan fingerprint density at radius 2 is 2.12 bits per heavy atom. The zero-order chi connectivity index (χ0) is 12.1. The van der Waals surface area contributed by atoms with Gasteiger partial charge in [-0.2, -0.15) is 0 Å². The molecule has 0 radical (unpaired) electrons. The number of carbonyl (C=O) groups is 1. The monoisotopic (exact) mass is 221 g/mol. The van der Waals surface area contributed by atoms with Crippen LogP contribution in [0.25, 0.3) is 0 Å². The van der Waals surface area contributed by atoms with E-state index in [4.69, 9.17) is 5.73 Å². The van der Waals surface area contributed by atoms with E-state index in [9.17, 15) is 4.79 Å². The minimum Gasteiger partial charge on any atom is -0.398 e. The maximum absolute atomic E-state index is 11.3. The van der Waals surface area contributed by atoms with Crippen LogP contribution in [0.5, 0.6) is 0 Å². The fourth-order valence-electron chi connectivity index (χ4n) is 1.39. The number of hydrogen-bond donors (Lipinski definition) is 2. The number of rotatable bonds is 5. The van der Waals surface area contributed by atoms with E-state index in [1.54, 1.807) is 12.1 Å². The van der Waals surface area contributed by atoms with Gasteiger partial charge in [0, 0.05) is 30.0 Å². The number of benzene rings is 1. The summed E-state index contributed by atoms with van der Waals surface area (Å²) in [7, 11) is 4.04. The molecular formula is C12H19N3O. The van der Waals surface area contributed by atoms with Crippen LogP contribution < -0.4 is 11.1 Å². The van der Waals surface area contributed by atoms with E-state index in [1.807, 2.05) is 20.2 Å². The summed E-state index contributed by atoms with van der Waals surface area (Å²) in [6, 6.07) is 5.44. The maximum atomic E-state index is 11.3. The van der Waals surface area contributed by atoms with Crippen LogP contribution in [0.3, 0.4) is 0 Å². The quantitative estimate of drug-likeness (QED) is 0.583. The zero-order valence-corrected chi connectivity index (χ0v) is 10.1. The van der Waals surface area contributed by atoms with E-state index >= 15 is 0 Å². The molecule has 3 N–H and O–H groups in total. The summed E-state index contributed by atoms with van der Waals surface area (Å²) >= 11 is 0. The lowest BCUT2D eigenvalue weighted by atomic mass is 10.1. The van der Waals surface area contributed by atoms with Gasteiger partial charge < -0.3 is 16.0 Å². The zero-order valence-electron chi connectivity index (χ0n) is 10.1. The Morgan fingerprint density at radius 3 is 2.69 bits per heavy atom. The lowest BCUT2D eigenvalue weighted by Crippen LogP contribution is -2.20. The van der Waals surface area contributed by atoms with E-state index in [2.05, 4.69) is 10.2 Å². The number of carbonyl (C=O) groups excluding carboxylic acids is 1. The van der Waals surface area contributed by atoms with Crippen LogP contribution in [-0.2, 0) is 0 Å². The van der Waals surface area contributed by atoms with Crippen molar-refractivity contribution in [1.29, 1.82) is 0 Å². The third-order valence-electron chi connectivity index (χ3n) is 2.32. The van der Waals surface area contributed by atoms with Crippen molar-refractivity contribution in [3.05, 3.63) is 23.8 Å². The molecule has 1 aromatic rings. The second kappa shape index (κ2) is 5.51. The third-order valence-corrected chi connectivity index (χ3v) is 2.32. The highest BCUT2D eigenvalue weighted by atomic mass is 16.1. The van der Waals surface area contributed by atoms with Gasteiger partial charge in [-0.25, -0.2) is 0 Å². The SMILES string of the molecule is CC(=O)c1cc(NCCN(C)C)ccc1N. The highest BCUT2D eigenvalue weighted by Crippen LogP contribution is 2.18. The normalized spacial score (nSPS) is 10.5. The number of nitrogens with one attached hydrogen (secondary N) is 1. The van der Waals surface area contributed by atoms with Gasteiger partial charge in [0.2, 0.25) is 0 Å². The molecule has 16 heavy (non-hydrogen) atoms. The molecule has 88 valence electrons. The Balaban J connectivity index is 2.68. The molecule has 0 saturated carbocycles. The second-order valence-corrected chi connectivity index (χ2v) is 4.09. The molecule has 0 heterocycles. The Labute approximate surface area is 96.4 Å². The number of nitrogens with zero attached hydrogens (tertiary/aromatic N) is 1. The van der Waals surface area contributed by atoms with E-state index in [0.717, 1.165) is 18.8 Å².